The highest BCUT2D eigenvalue weighted by atomic mass is 19.1. The topological polar surface area (TPSA) is 57.6 Å². The lowest BCUT2D eigenvalue weighted by molar-refractivity contribution is -0.142. The Balaban J connectivity index is 1.82. The predicted molar refractivity (Wildman–Crippen MR) is 69.6 cm³/mol. The Bertz CT molecular complexity index is 601. The highest BCUT2D eigenvalue weighted by Crippen LogP contribution is 2.44. The van der Waals surface area contributed by atoms with Gasteiger partial charge in [-0.2, -0.15) is 0 Å². The van der Waals surface area contributed by atoms with Gasteiger partial charge in [-0.1, -0.05) is 0 Å². The third-order valence-electron chi connectivity index (χ3n) is 4.36. The van der Waals surface area contributed by atoms with Gasteiger partial charge in [0.05, 0.1) is 11.5 Å². The maximum atomic E-state index is 13.7. The summed E-state index contributed by atoms with van der Waals surface area (Å²) in [6.07, 6.45) is 1.95. The molecule has 21 heavy (non-hydrogen) atoms. The minimum atomic E-state index is -0.929. The molecule has 0 unspecified atom stereocenters. The molecule has 0 spiro atoms. The number of rotatable bonds is 3. The smallest absolute Gasteiger partial charge is 0.308 e. The van der Waals surface area contributed by atoms with Crippen LogP contribution < -0.4 is 0 Å². The van der Waals surface area contributed by atoms with E-state index in [1.165, 1.54) is 4.90 Å². The molecule has 2 atom stereocenters. The molecule has 1 saturated carbocycles. The van der Waals surface area contributed by atoms with Crippen molar-refractivity contribution in [3.8, 4) is 0 Å². The summed E-state index contributed by atoms with van der Waals surface area (Å²) in [5.74, 6) is -3.40. The van der Waals surface area contributed by atoms with Gasteiger partial charge < -0.3 is 10.0 Å². The molecular weight excluding hydrogens is 280 g/mol. The zero-order chi connectivity index (χ0) is 15.1. The van der Waals surface area contributed by atoms with Crippen molar-refractivity contribution < 1.29 is 23.5 Å². The van der Waals surface area contributed by atoms with Crippen LogP contribution in [0.15, 0.2) is 18.2 Å². The molecule has 1 heterocycles. The van der Waals surface area contributed by atoms with Crippen LogP contribution in [0.4, 0.5) is 8.78 Å². The fourth-order valence-electron chi connectivity index (χ4n) is 3.09. The Kier molecular flexibility index (Phi) is 3.39. The molecule has 0 radical (unpaired) electrons. The van der Waals surface area contributed by atoms with Crippen LogP contribution in [-0.2, 0) is 4.79 Å². The average molecular weight is 295 g/mol. The van der Waals surface area contributed by atoms with Crippen LogP contribution in [0.2, 0.25) is 0 Å². The van der Waals surface area contributed by atoms with E-state index in [1.807, 2.05) is 0 Å². The number of amides is 1. The molecule has 6 heteroatoms. The summed E-state index contributed by atoms with van der Waals surface area (Å²) in [7, 11) is 0. The van der Waals surface area contributed by atoms with Gasteiger partial charge in [0.15, 0.2) is 0 Å². The summed E-state index contributed by atoms with van der Waals surface area (Å²) >= 11 is 0. The molecule has 0 aromatic heterocycles. The molecule has 3 rings (SSSR count). The van der Waals surface area contributed by atoms with Gasteiger partial charge in [-0.05, 0) is 42.9 Å². The molecule has 1 amide bonds. The van der Waals surface area contributed by atoms with E-state index in [-0.39, 0.29) is 18.0 Å². The van der Waals surface area contributed by atoms with E-state index in [0.717, 1.165) is 31.0 Å². The van der Waals surface area contributed by atoms with Crippen molar-refractivity contribution in [1.29, 1.82) is 0 Å². The summed E-state index contributed by atoms with van der Waals surface area (Å²) in [5, 5.41) is 9.26. The lowest BCUT2D eigenvalue weighted by Gasteiger charge is -2.16. The van der Waals surface area contributed by atoms with E-state index < -0.39 is 29.4 Å². The Morgan fingerprint density at radius 3 is 2.52 bits per heavy atom. The van der Waals surface area contributed by atoms with Gasteiger partial charge in [0.1, 0.15) is 11.6 Å². The number of nitrogens with zero attached hydrogens (tertiary/aromatic N) is 1. The lowest BCUT2D eigenvalue weighted by Crippen LogP contribution is -2.30. The van der Waals surface area contributed by atoms with Crippen molar-refractivity contribution in [2.24, 2.45) is 17.8 Å². The Hall–Kier alpha value is -1.98. The van der Waals surface area contributed by atoms with E-state index in [0.29, 0.717) is 12.5 Å². The van der Waals surface area contributed by atoms with Crippen LogP contribution in [0.5, 0.6) is 0 Å². The zero-order valence-corrected chi connectivity index (χ0v) is 11.3. The second-order valence-electron chi connectivity index (χ2n) is 5.78. The number of carboxylic acid groups (broad SMARTS) is 1. The molecule has 2 aliphatic rings. The van der Waals surface area contributed by atoms with Crippen LogP contribution in [0.3, 0.4) is 0 Å². The van der Waals surface area contributed by atoms with E-state index in [4.69, 9.17) is 0 Å². The first-order chi connectivity index (χ1) is 9.97. The fourth-order valence-corrected chi connectivity index (χ4v) is 3.09. The number of likely N-dealkylation sites (tertiary alicyclic amines) is 1. The second kappa shape index (κ2) is 5.09. The molecule has 4 nitrogen and oxygen atoms in total. The van der Waals surface area contributed by atoms with Crippen molar-refractivity contribution in [1.82, 2.24) is 4.90 Å². The minimum Gasteiger partial charge on any atom is -0.481 e. The monoisotopic (exact) mass is 295 g/mol. The Morgan fingerprint density at radius 2 is 1.90 bits per heavy atom. The zero-order valence-electron chi connectivity index (χ0n) is 11.3. The summed E-state index contributed by atoms with van der Waals surface area (Å²) in [6, 6.07) is 2.72. The molecule has 112 valence electrons. The first kappa shape index (κ1) is 14.0. The van der Waals surface area contributed by atoms with E-state index in [9.17, 15) is 23.5 Å². The molecule has 0 bridgehead atoms. The quantitative estimate of drug-likeness (QED) is 0.929. The van der Waals surface area contributed by atoms with Crippen LogP contribution >= 0.6 is 0 Å². The number of carboxylic acids is 1. The van der Waals surface area contributed by atoms with E-state index >= 15 is 0 Å². The van der Waals surface area contributed by atoms with Crippen molar-refractivity contribution in [2.45, 2.75) is 12.8 Å². The van der Waals surface area contributed by atoms with Gasteiger partial charge in [0, 0.05) is 13.1 Å². The van der Waals surface area contributed by atoms with Crippen molar-refractivity contribution in [3.05, 3.63) is 35.4 Å². The molecular formula is C15H15F2NO3. The van der Waals surface area contributed by atoms with Crippen molar-refractivity contribution in [3.63, 3.8) is 0 Å². The molecule has 1 aromatic rings. The SMILES string of the molecule is O=C(O)[C@H]1CN(C(=O)c2cc(F)ccc2F)C[C@@H]1C1CC1. The number of carbonyl (C=O) groups is 2. The van der Waals surface area contributed by atoms with Crippen LogP contribution in [0.25, 0.3) is 0 Å². The van der Waals surface area contributed by atoms with Crippen molar-refractivity contribution in [2.75, 3.05) is 13.1 Å². The van der Waals surface area contributed by atoms with Crippen molar-refractivity contribution >= 4 is 11.9 Å². The second-order valence-corrected chi connectivity index (χ2v) is 5.78. The summed E-state index contributed by atoms with van der Waals surface area (Å²) in [5.41, 5.74) is -0.337. The molecule has 1 aromatic carbocycles. The Morgan fingerprint density at radius 1 is 1.19 bits per heavy atom. The molecule has 1 aliphatic carbocycles. The highest BCUT2D eigenvalue weighted by Gasteiger charge is 2.47. The van der Waals surface area contributed by atoms with Crippen LogP contribution in [-0.4, -0.2) is 35.0 Å². The first-order valence-electron chi connectivity index (χ1n) is 6.94. The maximum absolute atomic E-state index is 13.7. The number of aliphatic carboxylic acids is 1. The molecule has 2 fully saturated rings. The average Bonchev–Trinajstić information content (AvgIpc) is 3.19. The summed E-state index contributed by atoms with van der Waals surface area (Å²) in [6.45, 7) is 0.363. The van der Waals surface area contributed by atoms with Gasteiger partial charge in [-0.25, -0.2) is 8.78 Å². The summed E-state index contributed by atoms with van der Waals surface area (Å²) < 4.78 is 26.8. The number of benzene rings is 1. The number of halogens is 2. The molecule has 1 N–H and O–H groups in total. The number of hydrogen-bond donors (Lipinski definition) is 1. The van der Waals surface area contributed by atoms with Gasteiger partial charge in [-0.15, -0.1) is 0 Å². The third-order valence-corrected chi connectivity index (χ3v) is 4.36. The van der Waals surface area contributed by atoms with Crippen LogP contribution in [0, 0.1) is 29.4 Å². The standard InChI is InChI=1S/C15H15F2NO3/c16-9-3-4-13(17)10(5-9)14(19)18-6-11(8-1-2-8)12(7-18)15(20)21/h3-5,8,11-12H,1-2,6-7H2,(H,20,21)/t11-,12+/m1/s1. The van der Waals surface area contributed by atoms with E-state index in [1.54, 1.807) is 0 Å². The number of carbonyl (C=O) groups excluding carboxylic acids is 1. The first-order valence-corrected chi connectivity index (χ1v) is 6.94. The molecule has 1 saturated heterocycles. The third kappa shape index (κ3) is 2.62. The fraction of sp³-hybridized carbons (Fsp3) is 0.467. The minimum absolute atomic E-state index is 0.0608. The van der Waals surface area contributed by atoms with Gasteiger partial charge in [-0.3, -0.25) is 9.59 Å². The highest BCUT2D eigenvalue weighted by molar-refractivity contribution is 5.95. The normalized spacial score (nSPS) is 25.1. The van der Waals surface area contributed by atoms with Gasteiger partial charge >= 0.3 is 5.97 Å². The lowest BCUT2D eigenvalue weighted by atomic mass is 9.92. The Labute approximate surface area is 120 Å². The largest absolute Gasteiger partial charge is 0.481 e. The predicted octanol–water partition coefficient (Wildman–Crippen LogP) is 2.15. The maximum Gasteiger partial charge on any atom is 0.308 e. The van der Waals surface area contributed by atoms with Crippen LogP contribution in [0.1, 0.15) is 23.2 Å². The van der Waals surface area contributed by atoms with E-state index in [2.05, 4.69) is 0 Å². The molecule has 1 aliphatic heterocycles. The summed E-state index contributed by atoms with van der Waals surface area (Å²) in [4.78, 5) is 24.9. The van der Waals surface area contributed by atoms with Gasteiger partial charge in [0.2, 0.25) is 0 Å². The number of hydrogen-bond acceptors (Lipinski definition) is 2. The van der Waals surface area contributed by atoms with Gasteiger partial charge in [0.25, 0.3) is 5.91 Å².